The zero-order chi connectivity index (χ0) is 14.4. The highest BCUT2D eigenvalue weighted by atomic mass is 32.2. The highest BCUT2D eigenvalue weighted by Crippen LogP contribution is 2.27. The van der Waals surface area contributed by atoms with Crippen molar-refractivity contribution in [1.29, 1.82) is 0 Å². The second-order valence-corrected chi connectivity index (χ2v) is 5.37. The maximum atomic E-state index is 12.3. The summed E-state index contributed by atoms with van der Waals surface area (Å²) >= 11 is 0.443. The van der Waals surface area contributed by atoms with Gasteiger partial charge in [0.25, 0.3) is 5.76 Å². The molecule has 2 atom stereocenters. The lowest BCUT2D eigenvalue weighted by atomic mass is 9.99. The van der Waals surface area contributed by atoms with Gasteiger partial charge in [-0.3, -0.25) is 4.79 Å². The third kappa shape index (κ3) is 5.16. The maximum Gasteiger partial charge on any atom is 0.288 e. The molecule has 6 heteroatoms. The first-order valence-electron chi connectivity index (χ1n) is 6.05. The molecule has 0 aliphatic heterocycles. The number of rotatable bonds is 6. The molecule has 3 nitrogen and oxygen atoms in total. The van der Waals surface area contributed by atoms with Crippen molar-refractivity contribution in [2.24, 2.45) is 11.7 Å². The highest BCUT2D eigenvalue weighted by Gasteiger charge is 2.19. The van der Waals surface area contributed by atoms with Gasteiger partial charge in [0.2, 0.25) is 5.91 Å². The van der Waals surface area contributed by atoms with E-state index in [1.54, 1.807) is 18.2 Å². The SMILES string of the molecule is CCC(C)C(N)C(=O)Nc1cccc(SC(F)F)c1. The largest absolute Gasteiger partial charge is 0.325 e. The Labute approximate surface area is 115 Å². The average molecular weight is 288 g/mol. The molecule has 0 saturated carbocycles. The van der Waals surface area contributed by atoms with E-state index in [0.717, 1.165) is 6.42 Å². The normalized spacial score (nSPS) is 14.2. The summed E-state index contributed by atoms with van der Waals surface area (Å²) in [5.74, 6) is -2.71. The average Bonchev–Trinajstić information content (AvgIpc) is 2.36. The minimum atomic E-state index is -2.48. The van der Waals surface area contributed by atoms with Crippen LogP contribution in [0.3, 0.4) is 0 Å². The number of thioether (sulfide) groups is 1. The van der Waals surface area contributed by atoms with E-state index >= 15 is 0 Å². The third-order valence-electron chi connectivity index (χ3n) is 2.89. The van der Waals surface area contributed by atoms with Gasteiger partial charge in [-0.15, -0.1) is 0 Å². The van der Waals surface area contributed by atoms with Gasteiger partial charge in [-0.05, 0) is 24.1 Å². The summed E-state index contributed by atoms with van der Waals surface area (Å²) in [6.07, 6.45) is 0.801. The van der Waals surface area contributed by atoms with E-state index in [9.17, 15) is 13.6 Å². The van der Waals surface area contributed by atoms with Crippen molar-refractivity contribution in [2.45, 2.75) is 37.0 Å². The van der Waals surface area contributed by atoms with Crippen LogP contribution in [-0.2, 0) is 4.79 Å². The number of halogens is 2. The number of carbonyl (C=O) groups excluding carboxylic acids is 1. The second kappa shape index (κ2) is 7.45. The molecule has 1 aromatic rings. The molecule has 0 fully saturated rings. The molecule has 2 unspecified atom stereocenters. The number of nitrogens with two attached hydrogens (primary N) is 1. The topological polar surface area (TPSA) is 55.1 Å². The summed E-state index contributed by atoms with van der Waals surface area (Å²) in [5.41, 5.74) is 6.28. The molecule has 0 radical (unpaired) electrons. The van der Waals surface area contributed by atoms with Crippen LogP contribution in [0, 0.1) is 5.92 Å². The second-order valence-electron chi connectivity index (χ2n) is 4.31. The Morgan fingerprint density at radius 1 is 1.47 bits per heavy atom. The molecule has 19 heavy (non-hydrogen) atoms. The Hall–Kier alpha value is -1.14. The first kappa shape index (κ1) is 15.9. The van der Waals surface area contributed by atoms with Crippen LogP contribution in [0.2, 0.25) is 0 Å². The number of alkyl halides is 2. The summed E-state index contributed by atoms with van der Waals surface area (Å²) in [7, 11) is 0. The number of anilines is 1. The van der Waals surface area contributed by atoms with Crippen LogP contribution < -0.4 is 11.1 Å². The summed E-state index contributed by atoms with van der Waals surface area (Å²) in [5, 5.41) is 2.65. The van der Waals surface area contributed by atoms with Gasteiger partial charge in [0, 0.05) is 10.6 Å². The lowest BCUT2D eigenvalue weighted by Gasteiger charge is -2.17. The molecule has 1 aromatic carbocycles. The van der Waals surface area contributed by atoms with Crippen molar-refractivity contribution in [3.05, 3.63) is 24.3 Å². The van der Waals surface area contributed by atoms with Gasteiger partial charge >= 0.3 is 0 Å². The monoisotopic (exact) mass is 288 g/mol. The molecule has 0 bridgehead atoms. The van der Waals surface area contributed by atoms with Crippen molar-refractivity contribution in [3.8, 4) is 0 Å². The Kier molecular flexibility index (Phi) is 6.24. The van der Waals surface area contributed by atoms with Gasteiger partial charge in [0.1, 0.15) is 0 Å². The minimum absolute atomic E-state index is 0.0682. The third-order valence-corrected chi connectivity index (χ3v) is 3.59. The summed E-state index contributed by atoms with van der Waals surface area (Å²) < 4.78 is 24.5. The van der Waals surface area contributed by atoms with E-state index in [1.165, 1.54) is 6.07 Å². The van der Waals surface area contributed by atoms with Gasteiger partial charge in [0.05, 0.1) is 6.04 Å². The Morgan fingerprint density at radius 3 is 2.74 bits per heavy atom. The summed E-state index contributed by atoms with van der Waals surface area (Å²) in [4.78, 5) is 12.3. The molecule has 106 valence electrons. The van der Waals surface area contributed by atoms with E-state index < -0.39 is 11.8 Å². The quantitative estimate of drug-likeness (QED) is 0.790. The van der Waals surface area contributed by atoms with Crippen molar-refractivity contribution in [1.82, 2.24) is 0 Å². The van der Waals surface area contributed by atoms with Crippen molar-refractivity contribution < 1.29 is 13.6 Å². The Morgan fingerprint density at radius 2 is 2.16 bits per heavy atom. The van der Waals surface area contributed by atoms with Crippen LogP contribution in [0.15, 0.2) is 29.2 Å². The number of benzene rings is 1. The summed E-state index contributed by atoms with van der Waals surface area (Å²) in [6, 6.07) is 5.75. The van der Waals surface area contributed by atoms with Gasteiger partial charge in [-0.25, -0.2) is 0 Å². The van der Waals surface area contributed by atoms with Crippen LogP contribution >= 0.6 is 11.8 Å². The zero-order valence-corrected chi connectivity index (χ0v) is 11.7. The number of carbonyl (C=O) groups is 1. The number of amides is 1. The smallest absolute Gasteiger partial charge is 0.288 e. The van der Waals surface area contributed by atoms with Gasteiger partial charge in [0.15, 0.2) is 0 Å². The molecule has 3 N–H and O–H groups in total. The van der Waals surface area contributed by atoms with Crippen LogP contribution in [0.25, 0.3) is 0 Å². The number of hydrogen-bond donors (Lipinski definition) is 2. The molecular formula is C13H18F2N2OS. The molecule has 0 aliphatic carbocycles. The minimum Gasteiger partial charge on any atom is -0.325 e. The first-order chi connectivity index (χ1) is 8.93. The lowest BCUT2D eigenvalue weighted by Crippen LogP contribution is -2.40. The van der Waals surface area contributed by atoms with E-state index in [1.807, 2.05) is 13.8 Å². The lowest BCUT2D eigenvalue weighted by molar-refractivity contribution is -0.118. The number of hydrogen-bond acceptors (Lipinski definition) is 3. The van der Waals surface area contributed by atoms with E-state index in [0.29, 0.717) is 22.3 Å². The molecule has 0 aliphatic rings. The van der Waals surface area contributed by atoms with Crippen molar-refractivity contribution in [3.63, 3.8) is 0 Å². The van der Waals surface area contributed by atoms with E-state index in [-0.39, 0.29) is 11.8 Å². The fraction of sp³-hybridized carbons (Fsp3) is 0.462. The Bertz CT molecular complexity index is 429. The van der Waals surface area contributed by atoms with Crippen LogP contribution in [0.5, 0.6) is 0 Å². The summed E-state index contributed by atoms with van der Waals surface area (Å²) in [6.45, 7) is 3.85. The molecule has 0 spiro atoms. The van der Waals surface area contributed by atoms with E-state index in [2.05, 4.69) is 5.32 Å². The fourth-order valence-corrected chi connectivity index (χ4v) is 2.05. The number of nitrogens with one attached hydrogen (secondary N) is 1. The van der Waals surface area contributed by atoms with Crippen molar-refractivity contribution in [2.75, 3.05) is 5.32 Å². The van der Waals surface area contributed by atoms with Gasteiger partial charge in [-0.2, -0.15) is 8.78 Å². The fourth-order valence-electron chi connectivity index (χ4n) is 1.49. The van der Waals surface area contributed by atoms with Crippen molar-refractivity contribution >= 4 is 23.4 Å². The zero-order valence-electron chi connectivity index (χ0n) is 10.9. The highest BCUT2D eigenvalue weighted by molar-refractivity contribution is 7.99. The maximum absolute atomic E-state index is 12.3. The van der Waals surface area contributed by atoms with Gasteiger partial charge < -0.3 is 11.1 Å². The van der Waals surface area contributed by atoms with Crippen LogP contribution in [0.1, 0.15) is 20.3 Å². The molecule has 1 amide bonds. The van der Waals surface area contributed by atoms with Crippen LogP contribution in [-0.4, -0.2) is 17.7 Å². The first-order valence-corrected chi connectivity index (χ1v) is 6.93. The predicted octanol–water partition coefficient (Wildman–Crippen LogP) is 3.31. The molecule has 0 aromatic heterocycles. The van der Waals surface area contributed by atoms with Crippen LogP contribution in [0.4, 0.5) is 14.5 Å². The predicted molar refractivity (Wildman–Crippen MR) is 74.4 cm³/mol. The standard InChI is InChI=1S/C13H18F2N2OS/c1-3-8(2)11(16)12(18)17-9-5-4-6-10(7-9)19-13(14)15/h4-8,11,13H,3,16H2,1-2H3,(H,17,18). The van der Waals surface area contributed by atoms with E-state index in [4.69, 9.17) is 5.73 Å². The molecule has 1 rings (SSSR count). The molecule has 0 heterocycles. The molecule has 0 saturated heterocycles. The Balaban J connectivity index is 2.69. The van der Waals surface area contributed by atoms with Gasteiger partial charge in [-0.1, -0.05) is 38.1 Å². The molecular weight excluding hydrogens is 270 g/mol.